The standard InChI is InChI=1S/C47H61N7O6/c1-46(2,3)40(52-44(58)60-7)42(56)50-36(27-32-16-20-34(21-17-32)37-15-11-12-24-49-37)29-39(55)38(28-31-13-9-8-10-14-31)51-43(57)41(47(4,5)6)54-26-25-53(45(54)59)30-33-18-22-35(48)23-19-33/h8-24,36,38-41,55H,25-30,48H2,1-7H3,(H,50,56)(H,51,57)(H,52,58)/t36-,38-,39-,40+,41+/m0/s1. The fraction of sp³-hybridized carbons (Fsp3) is 0.426. The Balaban J connectivity index is 1.41. The van der Waals surface area contributed by atoms with E-state index in [1.165, 1.54) is 7.11 Å². The number of anilines is 1. The summed E-state index contributed by atoms with van der Waals surface area (Å²) >= 11 is 0. The van der Waals surface area contributed by atoms with Crippen molar-refractivity contribution in [2.24, 2.45) is 10.8 Å². The number of aliphatic hydroxyl groups is 1. The molecule has 60 heavy (non-hydrogen) atoms. The molecule has 0 unspecified atom stereocenters. The zero-order valence-electron chi connectivity index (χ0n) is 35.9. The first-order chi connectivity index (χ1) is 28.4. The molecule has 13 nitrogen and oxygen atoms in total. The minimum absolute atomic E-state index is 0.0544. The van der Waals surface area contributed by atoms with Gasteiger partial charge in [0.15, 0.2) is 0 Å². The van der Waals surface area contributed by atoms with E-state index in [1.54, 1.807) is 28.1 Å². The Kier molecular flexibility index (Phi) is 14.9. The lowest BCUT2D eigenvalue weighted by Gasteiger charge is -2.38. The highest BCUT2D eigenvalue weighted by atomic mass is 16.5. The van der Waals surface area contributed by atoms with E-state index in [4.69, 9.17) is 10.5 Å². The van der Waals surface area contributed by atoms with Gasteiger partial charge >= 0.3 is 12.1 Å². The number of carbonyl (C=O) groups excluding carboxylic acids is 4. The quantitative estimate of drug-likeness (QED) is 0.0860. The predicted octanol–water partition coefficient (Wildman–Crippen LogP) is 5.96. The normalized spacial score (nSPS) is 15.7. The molecule has 1 aliphatic rings. The van der Waals surface area contributed by atoms with Gasteiger partial charge in [-0.05, 0) is 71.0 Å². The van der Waals surface area contributed by atoms with Crippen molar-refractivity contribution in [1.29, 1.82) is 0 Å². The maximum atomic E-state index is 14.6. The van der Waals surface area contributed by atoms with Crippen LogP contribution in [0.3, 0.4) is 0 Å². The van der Waals surface area contributed by atoms with E-state index in [0.717, 1.165) is 27.9 Å². The van der Waals surface area contributed by atoms with Gasteiger partial charge < -0.3 is 41.3 Å². The van der Waals surface area contributed by atoms with Gasteiger partial charge in [-0.2, -0.15) is 0 Å². The van der Waals surface area contributed by atoms with Crippen LogP contribution < -0.4 is 21.7 Å². The minimum atomic E-state index is -1.15. The monoisotopic (exact) mass is 819 g/mol. The number of nitrogens with one attached hydrogen (secondary N) is 3. The Hall–Kier alpha value is -5.95. The number of ether oxygens (including phenoxy) is 1. The predicted molar refractivity (Wildman–Crippen MR) is 233 cm³/mol. The smallest absolute Gasteiger partial charge is 0.407 e. The van der Waals surface area contributed by atoms with E-state index < -0.39 is 53.1 Å². The van der Waals surface area contributed by atoms with Crippen molar-refractivity contribution in [1.82, 2.24) is 30.7 Å². The molecule has 0 bridgehead atoms. The number of amides is 5. The summed E-state index contributed by atoms with van der Waals surface area (Å²) in [6, 6.07) is 27.0. The van der Waals surface area contributed by atoms with Crippen LogP contribution in [0.1, 0.15) is 64.7 Å². The van der Waals surface area contributed by atoms with Crippen LogP contribution in [0.25, 0.3) is 11.3 Å². The second kappa shape index (κ2) is 19.9. The Morgan fingerprint density at radius 1 is 0.767 bits per heavy atom. The molecule has 0 spiro atoms. The number of methoxy groups -OCH3 is 1. The first-order valence-corrected chi connectivity index (χ1v) is 20.5. The molecule has 4 aromatic rings. The summed E-state index contributed by atoms with van der Waals surface area (Å²) in [5, 5.41) is 21.2. The molecule has 1 aromatic heterocycles. The summed E-state index contributed by atoms with van der Waals surface area (Å²) in [7, 11) is 1.24. The number of nitrogens with two attached hydrogens (primary N) is 1. The lowest BCUT2D eigenvalue weighted by atomic mass is 9.84. The summed E-state index contributed by atoms with van der Waals surface area (Å²) in [6.07, 6.45) is 0.526. The van der Waals surface area contributed by atoms with Crippen LogP contribution in [0.2, 0.25) is 0 Å². The number of hydrogen-bond acceptors (Lipinski definition) is 8. The third-order valence-electron chi connectivity index (χ3n) is 10.8. The average Bonchev–Trinajstić information content (AvgIpc) is 3.55. The van der Waals surface area contributed by atoms with Crippen molar-refractivity contribution in [3.05, 3.63) is 120 Å². The van der Waals surface area contributed by atoms with Crippen LogP contribution in [0, 0.1) is 10.8 Å². The highest BCUT2D eigenvalue weighted by Gasteiger charge is 2.44. The molecule has 0 radical (unpaired) electrons. The topological polar surface area (TPSA) is 179 Å². The largest absolute Gasteiger partial charge is 0.453 e. The number of hydrogen-bond donors (Lipinski definition) is 5. The van der Waals surface area contributed by atoms with E-state index in [0.29, 0.717) is 31.7 Å². The second-order valence-corrected chi connectivity index (χ2v) is 17.8. The minimum Gasteiger partial charge on any atom is -0.453 e. The second-order valence-electron chi connectivity index (χ2n) is 17.8. The van der Waals surface area contributed by atoms with Gasteiger partial charge in [0.25, 0.3) is 0 Å². The van der Waals surface area contributed by atoms with Crippen molar-refractivity contribution in [3.63, 3.8) is 0 Å². The van der Waals surface area contributed by atoms with Gasteiger partial charge in [0.2, 0.25) is 11.8 Å². The number of urea groups is 1. The highest BCUT2D eigenvalue weighted by Crippen LogP contribution is 2.30. The summed E-state index contributed by atoms with van der Waals surface area (Å²) in [6.45, 7) is 12.5. The molecule has 13 heteroatoms. The van der Waals surface area contributed by atoms with Gasteiger partial charge in [0.1, 0.15) is 12.1 Å². The fourth-order valence-electron chi connectivity index (χ4n) is 7.66. The van der Waals surface area contributed by atoms with Crippen molar-refractivity contribution in [2.75, 3.05) is 25.9 Å². The maximum absolute atomic E-state index is 14.6. The Morgan fingerprint density at radius 2 is 1.40 bits per heavy atom. The van der Waals surface area contributed by atoms with E-state index in [1.807, 2.05) is 126 Å². The number of aromatic nitrogens is 1. The third-order valence-corrected chi connectivity index (χ3v) is 10.8. The highest BCUT2D eigenvalue weighted by molar-refractivity contribution is 5.89. The van der Waals surface area contributed by atoms with E-state index in [2.05, 4.69) is 20.9 Å². The lowest BCUT2D eigenvalue weighted by Crippen LogP contribution is -2.59. The van der Waals surface area contributed by atoms with Crippen LogP contribution in [0.4, 0.5) is 15.3 Å². The SMILES string of the molecule is COC(=O)N[C@H](C(=O)N[C@@H](Cc1ccc(-c2ccccn2)cc1)C[C@H](O)[C@H](Cc1ccccc1)NC(=O)[C@@H](N1CCN(Cc2ccc(N)cc2)C1=O)C(C)(C)C)C(C)(C)C. The third kappa shape index (κ3) is 12.3. The van der Waals surface area contributed by atoms with Crippen LogP contribution >= 0.6 is 0 Å². The average molecular weight is 820 g/mol. The molecule has 5 atom stereocenters. The molecule has 5 amide bonds. The van der Waals surface area contributed by atoms with Crippen molar-refractivity contribution < 1.29 is 29.0 Å². The Bertz CT molecular complexity index is 2030. The Morgan fingerprint density at radius 3 is 2.00 bits per heavy atom. The number of benzene rings is 3. The summed E-state index contributed by atoms with van der Waals surface area (Å²) < 4.78 is 4.84. The molecule has 0 aliphatic carbocycles. The summed E-state index contributed by atoms with van der Waals surface area (Å²) in [4.78, 5) is 62.7. The molecule has 0 saturated carbocycles. The molecule has 3 aromatic carbocycles. The van der Waals surface area contributed by atoms with Crippen LogP contribution in [0.5, 0.6) is 0 Å². The number of rotatable bonds is 16. The number of nitrogens with zero attached hydrogens (tertiary/aromatic N) is 3. The number of nitrogen functional groups attached to an aromatic ring is 1. The molecule has 5 rings (SSSR count). The molecule has 2 heterocycles. The van der Waals surface area contributed by atoms with Gasteiger partial charge in [-0.1, -0.05) is 114 Å². The number of pyridine rings is 1. The molecule has 6 N–H and O–H groups in total. The van der Waals surface area contributed by atoms with Gasteiger partial charge in [0, 0.05) is 43.1 Å². The molecule has 320 valence electrons. The first-order valence-electron chi connectivity index (χ1n) is 20.5. The molecule has 1 aliphatic heterocycles. The van der Waals surface area contributed by atoms with E-state index in [-0.39, 0.29) is 24.8 Å². The van der Waals surface area contributed by atoms with Gasteiger partial charge in [-0.25, -0.2) is 9.59 Å². The van der Waals surface area contributed by atoms with Crippen molar-refractivity contribution >= 4 is 29.6 Å². The molecule has 1 fully saturated rings. The van der Waals surface area contributed by atoms with E-state index in [9.17, 15) is 24.3 Å². The molecule has 1 saturated heterocycles. The van der Waals surface area contributed by atoms with E-state index >= 15 is 0 Å². The van der Waals surface area contributed by atoms with Gasteiger partial charge in [-0.15, -0.1) is 0 Å². The van der Waals surface area contributed by atoms with Gasteiger partial charge in [-0.3, -0.25) is 14.6 Å². The fourth-order valence-corrected chi connectivity index (χ4v) is 7.66. The maximum Gasteiger partial charge on any atom is 0.407 e. The van der Waals surface area contributed by atoms with Crippen molar-refractivity contribution in [3.8, 4) is 11.3 Å². The van der Waals surface area contributed by atoms with Crippen LogP contribution in [-0.2, 0) is 33.7 Å². The molecular formula is C47H61N7O6. The Labute approximate surface area is 354 Å². The van der Waals surface area contributed by atoms with Gasteiger partial charge in [0.05, 0.1) is 24.9 Å². The van der Waals surface area contributed by atoms with Crippen LogP contribution in [0.15, 0.2) is 103 Å². The zero-order chi connectivity index (χ0) is 43.6. The first kappa shape index (κ1) is 45.1. The zero-order valence-corrected chi connectivity index (χ0v) is 35.9. The molecular weight excluding hydrogens is 759 g/mol. The van der Waals surface area contributed by atoms with Crippen LogP contribution in [-0.4, -0.2) is 94.3 Å². The number of alkyl carbamates (subject to hydrolysis) is 1. The summed E-state index contributed by atoms with van der Waals surface area (Å²) in [5.41, 5.74) is 9.64. The summed E-state index contributed by atoms with van der Waals surface area (Å²) in [5.74, 6) is -0.825. The number of carbonyl (C=O) groups is 4. The van der Waals surface area contributed by atoms with Crippen molar-refractivity contribution in [2.45, 2.75) is 97.6 Å². The number of aliphatic hydroxyl groups excluding tert-OH is 1. The lowest BCUT2D eigenvalue weighted by molar-refractivity contribution is -0.131.